The molecule has 1 N–H and O–H groups in total. The highest BCUT2D eigenvalue weighted by atomic mass is 16.5. The lowest BCUT2D eigenvalue weighted by atomic mass is 9.90. The minimum atomic E-state index is -0.221. The highest BCUT2D eigenvalue weighted by Crippen LogP contribution is 2.30. The van der Waals surface area contributed by atoms with Gasteiger partial charge in [-0.05, 0) is 38.1 Å². The number of morpholine rings is 1. The topological polar surface area (TPSA) is 63.7 Å². The summed E-state index contributed by atoms with van der Waals surface area (Å²) >= 11 is 0. The predicted molar refractivity (Wildman–Crippen MR) is 73.9 cm³/mol. The Kier molecular flexibility index (Phi) is 3.58. The Bertz CT molecular complexity index is 483. The maximum absolute atomic E-state index is 12.1. The summed E-state index contributed by atoms with van der Waals surface area (Å²) in [6.45, 7) is 2.57. The van der Waals surface area contributed by atoms with E-state index >= 15 is 0 Å². The van der Waals surface area contributed by atoms with Crippen LogP contribution in [0.15, 0.2) is 18.3 Å². The van der Waals surface area contributed by atoms with Crippen LogP contribution < -0.4 is 15.0 Å². The molecule has 3 heterocycles. The lowest BCUT2D eigenvalue weighted by Gasteiger charge is -2.44. The summed E-state index contributed by atoms with van der Waals surface area (Å²) in [5.41, 5.74) is -0.221. The molecule has 2 aliphatic heterocycles. The van der Waals surface area contributed by atoms with Crippen molar-refractivity contribution >= 4 is 11.7 Å². The number of carbonyl (C=O) groups is 1. The van der Waals surface area contributed by atoms with Crippen LogP contribution in [0.25, 0.3) is 0 Å². The van der Waals surface area contributed by atoms with Gasteiger partial charge in [-0.15, -0.1) is 0 Å². The van der Waals surface area contributed by atoms with E-state index in [2.05, 4.69) is 10.3 Å². The Morgan fingerprint density at radius 1 is 1.40 bits per heavy atom. The first-order chi connectivity index (χ1) is 9.72. The Hall–Kier alpha value is -1.66. The van der Waals surface area contributed by atoms with Crippen LogP contribution in [0.4, 0.5) is 5.82 Å². The van der Waals surface area contributed by atoms with Crippen LogP contribution in [0, 0.1) is 0 Å². The first kappa shape index (κ1) is 13.3. The summed E-state index contributed by atoms with van der Waals surface area (Å²) in [5, 5.41) is 3.32. The fraction of sp³-hybridized carbons (Fsp3) is 0.571. The Morgan fingerprint density at radius 3 is 2.85 bits per heavy atom. The molecule has 6 nitrogen and oxygen atoms in total. The maximum Gasteiger partial charge on any atom is 0.254 e. The third-order valence-electron chi connectivity index (χ3n) is 4.00. The van der Waals surface area contributed by atoms with Gasteiger partial charge in [0.25, 0.3) is 5.91 Å². The fourth-order valence-electron chi connectivity index (χ4n) is 2.76. The highest BCUT2D eigenvalue weighted by molar-refractivity contribution is 5.94. The Balaban J connectivity index is 1.80. The number of piperidine rings is 1. The van der Waals surface area contributed by atoms with Gasteiger partial charge in [0.2, 0.25) is 0 Å². The molecule has 2 aliphatic rings. The normalized spacial score (nSPS) is 22.1. The molecule has 0 aromatic carbocycles. The number of nitrogens with one attached hydrogen (secondary N) is 1. The first-order valence-corrected chi connectivity index (χ1v) is 6.88. The number of rotatable bonds is 2. The molecule has 0 aliphatic carbocycles. The molecule has 1 aromatic heterocycles. The molecule has 3 rings (SSSR count). The van der Waals surface area contributed by atoms with Crippen molar-refractivity contribution in [3.63, 3.8) is 0 Å². The molecule has 2 fully saturated rings. The van der Waals surface area contributed by atoms with E-state index in [0.717, 1.165) is 25.9 Å². The zero-order valence-electron chi connectivity index (χ0n) is 11.6. The predicted octanol–water partition coefficient (Wildman–Crippen LogP) is 0.576. The van der Waals surface area contributed by atoms with Crippen molar-refractivity contribution in [2.24, 2.45) is 0 Å². The van der Waals surface area contributed by atoms with E-state index in [0.29, 0.717) is 18.1 Å². The number of aromatic nitrogens is 1. The van der Waals surface area contributed by atoms with E-state index in [4.69, 9.17) is 9.47 Å². The summed E-state index contributed by atoms with van der Waals surface area (Å²) in [7, 11) is 1.60. The van der Waals surface area contributed by atoms with E-state index < -0.39 is 0 Å². The van der Waals surface area contributed by atoms with Crippen molar-refractivity contribution in [1.82, 2.24) is 10.3 Å². The number of hydrogen-bond acceptors (Lipinski definition) is 5. The SMILES string of the molecule is COc1ccc(N2CC3(CCNCC3)OCC2=O)nc1. The van der Waals surface area contributed by atoms with Gasteiger partial charge in [-0.3, -0.25) is 9.69 Å². The number of pyridine rings is 1. The van der Waals surface area contributed by atoms with Gasteiger partial charge in [-0.2, -0.15) is 0 Å². The maximum atomic E-state index is 12.1. The summed E-state index contributed by atoms with van der Waals surface area (Å²) in [6, 6.07) is 3.64. The van der Waals surface area contributed by atoms with Crippen molar-refractivity contribution in [3.8, 4) is 5.75 Å². The summed E-state index contributed by atoms with van der Waals surface area (Å²) in [6.07, 6.45) is 3.48. The molecule has 0 atom stereocenters. The second-order valence-corrected chi connectivity index (χ2v) is 5.26. The van der Waals surface area contributed by atoms with Gasteiger partial charge < -0.3 is 14.8 Å². The van der Waals surface area contributed by atoms with Gasteiger partial charge in [0.05, 0.1) is 25.5 Å². The average molecular weight is 277 g/mol. The number of carbonyl (C=O) groups excluding carboxylic acids is 1. The Labute approximate surface area is 118 Å². The third-order valence-corrected chi connectivity index (χ3v) is 4.00. The van der Waals surface area contributed by atoms with Crippen LogP contribution in [-0.4, -0.2) is 49.8 Å². The summed E-state index contributed by atoms with van der Waals surface area (Å²) in [5.74, 6) is 1.31. The van der Waals surface area contributed by atoms with E-state index in [-0.39, 0.29) is 18.1 Å². The third kappa shape index (κ3) is 2.48. The summed E-state index contributed by atoms with van der Waals surface area (Å²) < 4.78 is 10.9. The number of ether oxygens (including phenoxy) is 2. The van der Waals surface area contributed by atoms with Crippen LogP contribution in [0.2, 0.25) is 0 Å². The van der Waals surface area contributed by atoms with E-state index in [1.807, 2.05) is 12.1 Å². The van der Waals surface area contributed by atoms with E-state index in [1.54, 1.807) is 18.2 Å². The van der Waals surface area contributed by atoms with Crippen molar-refractivity contribution in [3.05, 3.63) is 18.3 Å². The van der Waals surface area contributed by atoms with Gasteiger partial charge in [-0.1, -0.05) is 0 Å². The molecule has 2 saturated heterocycles. The van der Waals surface area contributed by atoms with Gasteiger partial charge in [0.1, 0.15) is 18.2 Å². The monoisotopic (exact) mass is 277 g/mol. The smallest absolute Gasteiger partial charge is 0.254 e. The molecule has 108 valence electrons. The minimum Gasteiger partial charge on any atom is -0.495 e. The first-order valence-electron chi connectivity index (χ1n) is 6.88. The van der Waals surface area contributed by atoms with E-state index in [1.165, 1.54) is 0 Å². The number of anilines is 1. The lowest BCUT2D eigenvalue weighted by Crippen LogP contribution is -2.58. The standard InChI is InChI=1S/C14H19N3O3/c1-19-11-2-3-12(16-8-11)17-10-14(20-9-13(17)18)4-6-15-7-5-14/h2-3,8,15H,4-7,9-10H2,1H3. The van der Waals surface area contributed by atoms with Gasteiger partial charge in [0.15, 0.2) is 0 Å². The molecule has 0 unspecified atom stereocenters. The molecule has 1 aromatic rings. The number of hydrogen-bond donors (Lipinski definition) is 1. The van der Waals surface area contributed by atoms with Crippen LogP contribution in [0.1, 0.15) is 12.8 Å². The molecule has 0 saturated carbocycles. The van der Waals surface area contributed by atoms with Gasteiger partial charge >= 0.3 is 0 Å². The van der Waals surface area contributed by atoms with Crippen LogP contribution in [0.3, 0.4) is 0 Å². The Morgan fingerprint density at radius 2 is 2.20 bits per heavy atom. The zero-order valence-corrected chi connectivity index (χ0v) is 11.6. The molecule has 1 amide bonds. The van der Waals surface area contributed by atoms with Crippen molar-refractivity contribution in [2.75, 3.05) is 38.3 Å². The molecular formula is C14H19N3O3. The van der Waals surface area contributed by atoms with Crippen LogP contribution in [0.5, 0.6) is 5.75 Å². The molecule has 0 radical (unpaired) electrons. The van der Waals surface area contributed by atoms with Crippen LogP contribution in [-0.2, 0) is 9.53 Å². The second-order valence-electron chi connectivity index (χ2n) is 5.26. The summed E-state index contributed by atoms with van der Waals surface area (Å²) in [4.78, 5) is 18.1. The lowest BCUT2D eigenvalue weighted by molar-refractivity contribution is -0.141. The van der Waals surface area contributed by atoms with Crippen molar-refractivity contribution < 1.29 is 14.3 Å². The number of methoxy groups -OCH3 is 1. The second kappa shape index (κ2) is 5.38. The molecule has 6 heteroatoms. The zero-order chi connectivity index (χ0) is 14.0. The van der Waals surface area contributed by atoms with Crippen molar-refractivity contribution in [1.29, 1.82) is 0 Å². The van der Waals surface area contributed by atoms with Gasteiger partial charge in [0, 0.05) is 0 Å². The molecular weight excluding hydrogens is 258 g/mol. The molecule has 0 bridgehead atoms. The number of amides is 1. The molecule has 1 spiro atoms. The quantitative estimate of drug-likeness (QED) is 0.856. The molecule has 20 heavy (non-hydrogen) atoms. The van der Waals surface area contributed by atoms with E-state index in [9.17, 15) is 4.79 Å². The van der Waals surface area contributed by atoms with Crippen LogP contribution >= 0.6 is 0 Å². The highest BCUT2D eigenvalue weighted by Gasteiger charge is 2.41. The largest absolute Gasteiger partial charge is 0.495 e. The number of nitrogens with zero attached hydrogens (tertiary/aromatic N) is 2. The fourth-order valence-corrected chi connectivity index (χ4v) is 2.76. The van der Waals surface area contributed by atoms with Crippen molar-refractivity contribution in [2.45, 2.75) is 18.4 Å². The average Bonchev–Trinajstić information content (AvgIpc) is 2.51. The van der Waals surface area contributed by atoms with Gasteiger partial charge in [-0.25, -0.2) is 4.98 Å². The minimum absolute atomic E-state index is 0.0353.